The molecule has 0 saturated carbocycles. The van der Waals surface area contributed by atoms with Crippen molar-refractivity contribution in [3.63, 3.8) is 0 Å². The predicted octanol–water partition coefficient (Wildman–Crippen LogP) is -1.77. The first-order valence-corrected chi connectivity index (χ1v) is 7.84. The molecule has 0 bridgehead atoms. The van der Waals surface area contributed by atoms with Gasteiger partial charge in [-0.3, -0.25) is 10.1 Å². The van der Waals surface area contributed by atoms with E-state index in [2.05, 4.69) is 21.3 Å². The summed E-state index contributed by atoms with van der Waals surface area (Å²) >= 11 is 0. The van der Waals surface area contributed by atoms with Crippen LogP contribution in [0.15, 0.2) is 23.7 Å². The van der Waals surface area contributed by atoms with E-state index < -0.39 is 11.7 Å². The van der Waals surface area contributed by atoms with E-state index in [9.17, 15) is 9.59 Å². The minimum Gasteiger partial charge on any atom is -0.367 e. The summed E-state index contributed by atoms with van der Waals surface area (Å²) in [4.78, 5) is 25.0. The molecule has 2 aliphatic rings. The van der Waals surface area contributed by atoms with Gasteiger partial charge in [0.1, 0.15) is 18.1 Å². The number of nitriles is 1. The SMILES string of the molecule is CC(CCNC(=O)C(O)(O)C#N)CN(C)C1=C2C=CNC2NC(=O)N1. The Labute approximate surface area is 145 Å². The largest absolute Gasteiger partial charge is 0.367 e. The van der Waals surface area contributed by atoms with Crippen LogP contribution in [0.4, 0.5) is 4.79 Å². The number of rotatable bonds is 7. The topological polar surface area (TPSA) is 150 Å². The summed E-state index contributed by atoms with van der Waals surface area (Å²) in [5, 5.41) is 37.5. The number of nitrogens with one attached hydrogen (secondary N) is 4. The standard InChI is InChI=1S/C15H22N6O4/c1-9(3-5-18-13(22)15(24,25)8-16)7-21(2)12-10-4-6-17-11(10)19-14(23)20-12/h4,6,9,11,17,24-25H,3,5,7H2,1-2H3,(H,18,22)(H2,19,20,23). The molecule has 2 unspecified atom stereocenters. The highest BCUT2D eigenvalue weighted by molar-refractivity contribution is 5.85. The highest BCUT2D eigenvalue weighted by Gasteiger charge is 2.33. The number of amides is 3. The minimum absolute atomic E-state index is 0.135. The molecule has 0 spiro atoms. The van der Waals surface area contributed by atoms with Gasteiger partial charge in [0.2, 0.25) is 0 Å². The molecule has 0 aliphatic carbocycles. The van der Waals surface area contributed by atoms with Gasteiger partial charge in [0.15, 0.2) is 0 Å². The fourth-order valence-corrected chi connectivity index (χ4v) is 2.67. The molecule has 0 aromatic carbocycles. The van der Waals surface area contributed by atoms with E-state index in [0.29, 0.717) is 18.8 Å². The Morgan fingerprint density at radius 1 is 1.56 bits per heavy atom. The highest BCUT2D eigenvalue weighted by atomic mass is 16.5. The number of aliphatic hydroxyl groups is 2. The molecule has 6 N–H and O–H groups in total. The zero-order valence-corrected chi connectivity index (χ0v) is 14.0. The lowest BCUT2D eigenvalue weighted by molar-refractivity contribution is -0.165. The Kier molecular flexibility index (Phi) is 5.51. The minimum atomic E-state index is -3.01. The lowest BCUT2D eigenvalue weighted by Gasteiger charge is -2.32. The van der Waals surface area contributed by atoms with E-state index in [4.69, 9.17) is 15.5 Å². The molecule has 2 rings (SSSR count). The molecule has 0 aromatic rings. The lowest BCUT2D eigenvalue weighted by Crippen LogP contribution is -2.54. The van der Waals surface area contributed by atoms with E-state index in [0.717, 1.165) is 11.6 Å². The van der Waals surface area contributed by atoms with Gasteiger partial charge in [-0.05, 0) is 24.6 Å². The Hall–Kier alpha value is -2.77. The molecular weight excluding hydrogens is 328 g/mol. The molecule has 0 aromatic heterocycles. The van der Waals surface area contributed by atoms with E-state index in [-0.39, 0.29) is 24.7 Å². The Morgan fingerprint density at radius 3 is 2.96 bits per heavy atom. The zero-order chi connectivity index (χ0) is 18.6. The maximum atomic E-state index is 11.7. The molecule has 2 aliphatic heterocycles. The summed E-state index contributed by atoms with van der Waals surface area (Å²) in [7, 11) is 1.86. The fourth-order valence-electron chi connectivity index (χ4n) is 2.67. The Morgan fingerprint density at radius 2 is 2.28 bits per heavy atom. The van der Waals surface area contributed by atoms with E-state index in [1.54, 1.807) is 6.20 Å². The van der Waals surface area contributed by atoms with Crippen LogP contribution >= 0.6 is 0 Å². The molecule has 0 saturated heterocycles. The van der Waals surface area contributed by atoms with Crippen LogP contribution in [0.3, 0.4) is 0 Å². The second-order valence-electron chi connectivity index (χ2n) is 6.15. The summed E-state index contributed by atoms with van der Waals surface area (Å²) < 4.78 is 0. The van der Waals surface area contributed by atoms with Crippen LogP contribution in [0.5, 0.6) is 0 Å². The van der Waals surface area contributed by atoms with Crippen molar-refractivity contribution in [2.75, 3.05) is 20.1 Å². The first-order valence-electron chi connectivity index (χ1n) is 7.84. The molecule has 136 valence electrons. The number of hydrogen-bond acceptors (Lipinski definition) is 7. The molecule has 0 radical (unpaired) electrons. The van der Waals surface area contributed by atoms with Gasteiger partial charge in [-0.1, -0.05) is 6.92 Å². The van der Waals surface area contributed by atoms with Crippen LogP contribution in [-0.4, -0.2) is 59.1 Å². The van der Waals surface area contributed by atoms with Gasteiger partial charge in [-0.15, -0.1) is 0 Å². The molecule has 0 fully saturated rings. The van der Waals surface area contributed by atoms with Gasteiger partial charge in [-0.25, -0.2) is 4.79 Å². The maximum absolute atomic E-state index is 11.7. The third kappa shape index (κ3) is 4.40. The van der Waals surface area contributed by atoms with Crippen LogP contribution in [0, 0.1) is 17.2 Å². The van der Waals surface area contributed by atoms with Crippen LogP contribution in [-0.2, 0) is 4.79 Å². The average Bonchev–Trinajstić information content (AvgIpc) is 3.01. The van der Waals surface area contributed by atoms with Gasteiger partial charge in [0.25, 0.3) is 5.91 Å². The van der Waals surface area contributed by atoms with Crippen molar-refractivity contribution < 1.29 is 19.8 Å². The summed E-state index contributed by atoms with van der Waals surface area (Å²) in [5.41, 5.74) is 0.932. The quantitative estimate of drug-likeness (QED) is 0.235. The number of nitrogens with zero attached hydrogens (tertiary/aromatic N) is 2. The van der Waals surface area contributed by atoms with Crippen LogP contribution in [0.1, 0.15) is 13.3 Å². The summed E-state index contributed by atoms with van der Waals surface area (Å²) in [6.07, 6.45) is 3.97. The first kappa shape index (κ1) is 18.6. The first-order chi connectivity index (χ1) is 11.7. The smallest absolute Gasteiger partial charge is 0.336 e. The molecule has 2 atom stereocenters. The van der Waals surface area contributed by atoms with E-state index >= 15 is 0 Å². The van der Waals surface area contributed by atoms with Gasteiger partial charge in [-0.2, -0.15) is 5.26 Å². The predicted molar refractivity (Wildman–Crippen MR) is 87.0 cm³/mol. The Balaban J connectivity index is 1.85. The van der Waals surface area contributed by atoms with Crippen molar-refractivity contribution in [3.8, 4) is 6.07 Å². The molecule has 10 nitrogen and oxygen atoms in total. The Bertz CT molecular complexity index is 651. The number of carbonyl (C=O) groups is 2. The third-order valence-corrected chi connectivity index (χ3v) is 3.98. The van der Waals surface area contributed by atoms with Crippen LogP contribution in [0.2, 0.25) is 0 Å². The van der Waals surface area contributed by atoms with Crippen molar-refractivity contribution in [1.29, 1.82) is 5.26 Å². The monoisotopic (exact) mass is 350 g/mol. The fraction of sp³-hybridized carbons (Fsp3) is 0.533. The van der Waals surface area contributed by atoms with Crippen molar-refractivity contribution in [3.05, 3.63) is 23.7 Å². The van der Waals surface area contributed by atoms with Crippen LogP contribution in [0.25, 0.3) is 0 Å². The van der Waals surface area contributed by atoms with Crippen molar-refractivity contribution in [2.24, 2.45) is 5.92 Å². The third-order valence-electron chi connectivity index (χ3n) is 3.98. The zero-order valence-electron chi connectivity index (χ0n) is 14.0. The number of hydrogen-bond donors (Lipinski definition) is 6. The van der Waals surface area contributed by atoms with Gasteiger partial charge in [0.05, 0.1) is 0 Å². The van der Waals surface area contributed by atoms with E-state index in [1.807, 2.05) is 24.9 Å². The summed E-state index contributed by atoms with van der Waals surface area (Å²) in [5.74, 6) is -3.31. The normalized spacial score (nSPS) is 20.0. The summed E-state index contributed by atoms with van der Waals surface area (Å²) in [6, 6.07) is 0.820. The lowest BCUT2D eigenvalue weighted by atomic mass is 10.1. The summed E-state index contributed by atoms with van der Waals surface area (Å²) in [6.45, 7) is 2.77. The number of fused-ring (bicyclic) bond motifs is 1. The highest BCUT2D eigenvalue weighted by Crippen LogP contribution is 2.19. The van der Waals surface area contributed by atoms with Gasteiger partial charge >= 0.3 is 11.8 Å². The number of urea groups is 1. The maximum Gasteiger partial charge on any atom is 0.336 e. The van der Waals surface area contributed by atoms with Crippen molar-refractivity contribution in [2.45, 2.75) is 25.3 Å². The van der Waals surface area contributed by atoms with Gasteiger partial charge in [0, 0.05) is 25.7 Å². The molecule has 3 amide bonds. The van der Waals surface area contributed by atoms with Crippen molar-refractivity contribution >= 4 is 11.9 Å². The van der Waals surface area contributed by atoms with Crippen molar-refractivity contribution in [1.82, 2.24) is 26.2 Å². The molecular formula is C15H22N6O4. The number of carbonyl (C=O) groups excluding carboxylic acids is 2. The molecule has 25 heavy (non-hydrogen) atoms. The van der Waals surface area contributed by atoms with E-state index in [1.165, 1.54) is 0 Å². The van der Waals surface area contributed by atoms with Gasteiger partial charge < -0.3 is 31.1 Å². The van der Waals surface area contributed by atoms with Crippen LogP contribution < -0.4 is 21.3 Å². The molecule has 2 heterocycles. The molecule has 10 heteroatoms. The second kappa shape index (κ2) is 7.42. The average molecular weight is 350 g/mol. The second-order valence-corrected chi connectivity index (χ2v) is 6.15.